The van der Waals surface area contributed by atoms with Gasteiger partial charge in [0.05, 0.1) is 5.57 Å². The lowest BCUT2D eigenvalue weighted by molar-refractivity contribution is -0.145. The second-order valence-electron chi connectivity index (χ2n) is 9.23. The van der Waals surface area contributed by atoms with E-state index in [4.69, 9.17) is 22.4 Å². The van der Waals surface area contributed by atoms with Crippen molar-refractivity contribution in [2.45, 2.75) is 72.0 Å². The SMILES string of the molecule is C#C/C(=C\C=C)C(N)=O.C=Cc1ccc(C(=C)CC)cc1.CC1CCC2CCC12.CCC(C)(O)O. The summed E-state index contributed by atoms with van der Waals surface area (Å²) in [4.78, 5) is 10.3. The molecule has 192 valence electrons. The second kappa shape index (κ2) is 16.7. The van der Waals surface area contributed by atoms with Crippen molar-refractivity contribution < 1.29 is 15.0 Å². The molecule has 3 unspecified atom stereocenters. The third kappa shape index (κ3) is 13.0. The van der Waals surface area contributed by atoms with Gasteiger partial charge in [-0.05, 0) is 79.6 Å². The second-order valence-corrected chi connectivity index (χ2v) is 9.23. The summed E-state index contributed by atoms with van der Waals surface area (Å²) in [6.07, 6.45) is 17.1. The Labute approximate surface area is 213 Å². The van der Waals surface area contributed by atoms with Crippen LogP contribution in [0.15, 0.2) is 61.7 Å². The van der Waals surface area contributed by atoms with E-state index in [9.17, 15) is 4.79 Å². The minimum Gasteiger partial charge on any atom is -0.366 e. The van der Waals surface area contributed by atoms with Crippen LogP contribution in [-0.2, 0) is 4.79 Å². The first-order chi connectivity index (χ1) is 16.4. The fraction of sp³-hybridized carbons (Fsp3) is 0.452. The summed E-state index contributed by atoms with van der Waals surface area (Å²) in [7, 11) is 0. The lowest BCUT2D eigenvalue weighted by atomic mass is 9.73. The summed E-state index contributed by atoms with van der Waals surface area (Å²) < 4.78 is 0. The van der Waals surface area contributed by atoms with Crippen LogP contribution in [0.4, 0.5) is 0 Å². The third-order valence-electron chi connectivity index (χ3n) is 6.56. The highest BCUT2D eigenvalue weighted by atomic mass is 16.5. The standard InChI is InChI=1S/C12H14.C8H14.C7H7NO.C4H10O2/c1-4-10(3)12-8-6-11(5-2)7-9-12;1-6-2-3-7-4-5-8(6)7;1-3-5-6(4-2)7(8)9;1-3-4(2,5)6/h5-9H,2-4H2,1H3;6-8H,2-5H2,1H3;2-3,5H,1H2,(H2,8,9);5-6H,3H2,1-2H3/b;;6-5+;. The van der Waals surface area contributed by atoms with E-state index in [-0.39, 0.29) is 5.57 Å². The zero-order valence-electron chi connectivity index (χ0n) is 22.1. The van der Waals surface area contributed by atoms with E-state index in [1.54, 1.807) is 26.2 Å². The molecule has 3 rings (SSSR count). The van der Waals surface area contributed by atoms with Crippen molar-refractivity contribution in [2.75, 3.05) is 0 Å². The van der Waals surface area contributed by atoms with Gasteiger partial charge in [0.1, 0.15) is 0 Å². The fourth-order valence-electron chi connectivity index (χ4n) is 3.77. The average molecular weight is 480 g/mol. The first-order valence-corrected chi connectivity index (χ1v) is 12.4. The van der Waals surface area contributed by atoms with Crippen LogP contribution in [0.1, 0.15) is 77.3 Å². The highest BCUT2D eigenvalue weighted by Crippen LogP contribution is 2.49. The largest absolute Gasteiger partial charge is 0.366 e. The van der Waals surface area contributed by atoms with Crippen molar-refractivity contribution in [1.29, 1.82) is 0 Å². The highest BCUT2D eigenvalue weighted by molar-refractivity contribution is 5.96. The Morgan fingerprint density at radius 1 is 1.17 bits per heavy atom. The van der Waals surface area contributed by atoms with Crippen LogP contribution < -0.4 is 5.73 Å². The Morgan fingerprint density at radius 2 is 1.71 bits per heavy atom. The molecule has 1 aromatic rings. The first kappa shape index (κ1) is 32.1. The molecule has 1 amide bonds. The number of rotatable bonds is 6. The Bertz CT molecular complexity index is 875. The average Bonchev–Trinajstić information content (AvgIpc) is 3.07. The number of allylic oxidation sites excluding steroid dienone is 3. The molecule has 2 aliphatic carbocycles. The van der Waals surface area contributed by atoms with Crippen LogP contribution >= 0.6 is 0 Å². The maximum Gasteiger partial charge on any atom is 0.257 e. The summed E-state index contributed by atoms with van der Waals surface area (Å²) in [6.45, 7) is 18.6. The van der Waals surface area contributed by atoms with Crippen molar-refractivity contribution in [3.63, 3.8) is 0 Å². The number of terminal acetylenes is 1. The quantitative estimate of drug-likeness (QED) is 0.188. The van der Waals surface area contributed by atoms with Gasteiger partial charge in [-0.2, -0.15) is 0 Å². The molecule has 4 nitrogen and oxygen atoms in total. The summed E-state index contributed by atoms with van der Waals surface area (Å²) >= 11 is 0. The molecule has 35 heavy (non-hydrogen) atoms. The van der Waals surface area contributed by atoms with Gasteiger partial charge >= 0.3 is 0 Å². The molecule has 0 saturated heterocycles. The summed E-state index contributed by atoms with van der Waals surface area (Å²) in [5.74, 6) is 3.47. The lowest BCUT2D eigenvalue weighted by Crippen LogP contribution is -2.23. The molecule has 2 saturated carbocycles. The van der Waals surface area contributed by atoms with Gasteiger partial charge in [-0.3, -0.25) is 4.79 Å². The highest BCUT2D eigenvalue weighted by Gasteiger charge is 2.39. The molecule has 4 heteroatoms. The fourth-order valence-corrected chi connectivity index (χ4v) is 3.77. The molecule has 4 N–H and O–H groups in total. The molecule has 0 bridgehead atoms. The van der Waals surface area contributed by atoms with Crippen LogP contribution in [-0.4, -0.2) is 21.9 Å². The molecular weight excluding hydrogens is 434 g/mol. The van der Waals surface area contributed by atoms with Gasteiger partial charge in [0.25, 0.3) is 5.91 Å². The van der Waals surface area contributed by atoms with E-state index in [0.717, 1.165) is 23.8 Å². The molecule has 1 aromatic carbocycles. The van der Waals surface area contributed by atoms with E-state index in [1.165, 1.54) is 42.6 Å². The number of aliphatic hydroxyl groups is 2. The molecule has 0 aromatic heterocycles. The van der Waals surface area contributed by atoms with Gasteiger partial charge in [-0.25, -0.2) is 0 Å². The molecule has 3 atom stereocenters. The van der Waals surface area contributed by atoms with E-state index < -0.39 is 11.7 Å². The van der Waals surface area contributed by atoms with Gasteiger partial charge in [0.15, 0.2) is 5.79 Å². The molecule has 0 spiro atoms. The lowest BCUT2D eigenvalue weighted by Gasteiger charge is -2.32. The topological polar surface area (TPSA) is 83.6 Å². The van der Waals surface area contributed by atoms with Gasteiger partial charge in [-0.15, -0.1) is 6.42 Å². The number of hydrogen-bond acceptors (Lipinski definition) is 3. The molecule has 2 aliphatic rings. The van der Waals surface area contributed by atoms with E-state index >= 15 is 0 Å². The molecular formula is C31H45NO3. The van der Waals surface area contributed by atoms with E-state index in [1.807, 2.05) is 6.08 Å². The first-order valence-electron chi connectivity index (χ1n) is 12.4. The number of benzene rings is 1. The molecule has 0 radical (unpaired) electrons. The number of hydrogen-bond donors (Lipinski definition) is 3. The Balaban J connectivity index is 0.000000454. The van der Waals surface area contributed by atoms with E-state index in [2.05, 4.69) is 63.8 Å². The number of amides is 1. The van der Waals surface area contributed by atoms with Gasteiger partial charge in [0.2, 0.25) is 0 Å². The Kier molecular flexibility index (Phi) is 15.3. The summed E-state index contributed by atoms with van der Waals surface area (Å²) in [5, 5.41) is 16.8. The van der Waals surface area contributed by atoms with Crippen LogP contribution in [0.2, 0.25) is 0 Å². The van der Waals surface area contributed by atoms with Crippen molar-refractivity contribution in [3.05, 3.63) is 72.9 Å². The maximum absolute atomic E-state index is 10.3. The van der Waals surface area contributed by atoms with E-state index in [0.29, 0.717) is 6.42 Å². The Hall–Kier alpha value is -2.87. The predicted molar refractivity (Wildman–Crippen MR) is 150 cm³/mol. The van der Waals surface area contributed by atoms with Gasteiger partial charge in [0, 0.05) is 0 Å². The molecule has 0 aliphatic heterocycles. The maximum atomic E-state index is 10.3. The normalized spacial score (nSPS) is 19.9. The Morgan fingerprint density at radius 3 is 1.94 bits per heavy atom. The number of nitrogens with two attached hydrogens (primary N) is 1. The monoisotopic (exact) mass is 479 g/mol. The van der Waals surface area contributed by atoms with Crippen LogP contribution in [0.5, 0.6) is 0 Å². The number of fused-ring (bicyclic) bond motifs is 1. The third-order valence-corrected chi connectivity index (χ3v) is 6.56. The number of primary amides is 1. The van der Waals surface area contributed by atoms with Crippen LogP contribution in [0.25, 0.3) is 11.6 Å². The van der Waals surface area contributed by atoms with Crippen LogP contribution in [0, 0.1) is 30.1 Å². The number of carbonyl (C=O) groups excluding carboxylic acids is 1. The van der Waals surface area contributed by atoms with Gasteiger partial charge < -0.3 is 15.9 Å². The smallest absolute Gasteiger partial charge is 0.257 e. The minimum absolute atomic E-state index is 0.144. The van der Waals surface area contributed by atoms with Crippen molar-refractivity contribution in [1.82, 2.24) is 0 Å². The minimum atomic E-state index is -1.46. The van der Waals surface area contributed by atoms with Crippen molar-refractivity contribution >= 4 is 17.6 Å². The molecule has 2 fully saturated rings. The summed E-state index contributed by atoms with van der Waals surface area (Å²) in [6, 6.07) is 8.29. The zero-order chi connectivity index (χ0) is 27.0. The number of carbonyl (C=O) groups is 1. The van der Waals surface area contributed by atoms with Crippen LogP contribution in [0.3, 0.4) is 0 Å². The van der Waals surface area contributed by atoms with Gasteiger partial charge in [-0.1, -0.05) is 89.3 Å². The molecule has 0 heterocycles. The zero-order valence-corrected chi connectivity index (χ0v) is 22.1. The van der Waals surface area contributed by atoms with Crippen molar-refractivity contribution in [2.24, 2.45) is 23.5 Å². The predicted octanol–water partition coefficient (Wildman–Crippen LogP) is 6.51. The summed E-state index contributed by atoms with van der Waals surface area (Å²) in [5.41, 5.74) is 8.55. The van der Waals surface area contributed by atoms with Crippen molar-refractivity contribution in [3.8, 4) is 12.3 Å².